The first-order valence-corrected chi connectivity index (χ1v) is 7.70. The normalized spacial score (nSPS) is 14.5. The maximum atomic E-state index is 5.31. The Labute approximate surface area is 133 Å². The highest BCUT2D eigenvalue weighted by atomic mass is 32.1. The van der Waals surface area contributed by atoms with E-state index >= 15 is 0 Å². The molecular formula is C18H23N2S. The van der Waals surface area contributed by atoms with Gasteiger partial charge in [-0.3, -0.25) is 0 Å². The zero-order chi connectivity index (χ0) is 15.3. The lowest BCUT2D eigenvalue weighted by Crippen LogP contribution is -2.34. The molecule has 1 aliphatic rings. The molecule has 0 unspecified atom stereocenters. The van der Waals surface area contributed by atoms with E-state index in [9.17, 15) is 0 Å². The van der Waals surface area contributed by atoms with E-state index in [0.717, 1.165) is 18.7 Å². The van der Waals surface area contributed by atoms with Crippen molar-refractivity contribution in [1.82, 2.24) is 10.6 Å². The highest BCUT2D eigenvalue weighted by Crippen LogP contribution is 2.22. The van der Waals surface area contributed by atoms with E-state index in [1.165, 1.54) is 11.1 Å². The molecule has 1 aromatic carbocycles. The maximum Gasteiger partial charge on any atom is 0.171 e. The summed E-state index contributed by atoms with van der Waals surface area (Å²) in [5.74, 6) is 0. The zero-order valence-corrected chi connectivity index (χ0v) is 13.8. The van der Waals surface area contributed by atoms with Crippen molar-refractivity contribution < 1.29 is 0 Å². The SMILES string of the molecule is CC(C)(C)c1ccc(CNC(=S)NC2=CC[CH]C=C2)cc1. The van der Waals surface area contributed by atoms with Gasteiger partial charge in [0.15, 0.2) is 5.11 Å². The van der Waals surface area contributed by atoms with E-state index < -0.39 is 0 Å². The molecule has 0 bridgehead atoms. The lowest BCUT2D eigenvalue weighted by atomic mass is 9.87. The van der Waals surface area contributed by atoms with Gasteiger partial charge in [-0.2, -0.15) is 0 Å². The Morgan fingerprint density at radius 2 is 1.90 bits per heavy atom. The average molecular weight is 299 g/mol. The second-order valence-electron chi connectivity index (χ2n) is 6.24. The van der Waals surface area contributed by atoms with Crippen molar-refractivity contribution in [3.63, 3.8) is 0 Å². The van der Waals surface area contributed by atoms with Crippen LogP contribution in [0.2, 0.25) is 0 Å². The van der Waals surface area contributed by atoms with Crippen LogP contribution in [0.3, 0.4) is 0 Å². The summed E-state index contributed by atoms with van der Waals surface area (Å²) in [4.78, 5) is 0. The molecule has 2 N–H and O–H groups in total. The highest BCUT2D eigenvalue weighted by Gasteiger charge is 2.12. The molecule has 3 heteroatoms. The largest absolute Gasteiger partial charge is 0.358 e. The standard InChI is InChI=1S/C18H23N2S/c1-18(2,3)15-11-9-14(10-12-15)13-19-17(21)20-16-7-5-4-6-8-16/h4-5,7-12H,6,13H2,1-3H3,(H2,19,20,21). The number of hydrogen-bond donors (Lipinski definition) is 2. The summed E-state index contributed by atoms with van der Waals surface area (Å²) in [5.41, 5.74) is 3.83. The maximum absolute atomic E-state index is 5.31. The van der Waals surface area contributed by atoms with Crippen LogP contribution < -0.4 is 10.6 Å². The van der Waals surface area contributed by atoms with Gasteiger partial charge in [0.25, 0.3) is 0 Å². The Balaban J connectivity index is 1.84. The molecule has 21 heavy (non-hydrogen) atoms. The van der Waals surface area contributed by atoms with Gasteiger partial charge >= 0.3 is 0 Å². The van der Waals surface area contributed by atoms with Crippen LogP contribution in [0.1, 0.15) is 38.3 Å². The number of hydrogen-bond acceptors (Lipinski definition) is 1. The number of thiocarbonyl (C=S) groups is 1. The molecule has 0 heterocycles. The van der Waals surface area contributed by atoms with Gasteiger partial charge in [-0.1, -0.05) is 57.2 Å². The zero-order valence-electron chi connectivity index (χ0n) is 12.9. The lowest BCUT2D eigenvalue weighted by molar-refractivity contribution is 0.590. The van der Waals surface area contributed by atoms with Gasteiger partial charge in [0.05, 0.1) is 0 Å². The minimum atomic E-state index is 0.194. The summed E-state index contributed by atoms with van der Waals surface area (Å²) < 4.78 is 0. The Kier molecular flexibility index (Phi) is 5.18. The topological polar surface area (TPSA) is 24.1 Å². The van der Waals surface area contributed by atoms with Gasteiger partial charge in [-0.05, 0) is 47.7 Å². The van der Waals surface area contributed by atoms with E-state index in [2.05, 4.69) is 68.2 Å². The van der Waals surface area contributed by atoms with Crippen molar-refractivity contribution in [2.24, 2.45) is 0 Å². The predicted octanol–water partition coefficient (Wildman–Crippen LogP) is 4.00. The molecule has 0 saturated carbocycles. The minimum Gasteiger partial charge on any atom is -0.358 e. The molecular weight excluding hydrogens is 276 g/mol. The predicted molar refractivity (Wildman–Crippen MR) is 93.9 cm³/mol. The quantitative estimate of drug-likeness (QED) is 0.825. The first kappa shape index (κ1) is 15.8. The Hall–Kier alpha value is -1.61. The highest BCUT2D eigenvalue weighted by molar-refractivity contribution is 7.80. The molecule has 0 fully saturated rings. The third-order valence-corrected chi connectivity index (χ3v) is 3.66. The van der Waals surface area contributed by atoms with Crippen molar-refractivity contribution in [3.05, 3.63) is 65.7 Å². The molecule has 1 aliphatic carbocycles. The Morgan fingerprint density at radius 3 is 2.48 bits per heavy atom. The van der Waals surface area contributed by atoms with Gasteiger partial charge in [0.2, 0.25) is 0 Å². The molecule has 111 valence electrons. The van der Waals surface area contributed by atoms with Gasteiger partial charge in [0.1, 0.15) is 0 Å². The van der Waals surface area contributed by atoms with Crippen LogP contribution in [-0.2, 0) is 12.0 Å². The van der Waals surface area contributed by atoms with Crippen molar-refractivity contribution >= 4 is 17.3 Å². The van der Waals surface area contributed by atoms with Gasteiger partial charge in [-0.15, -0.1) is 0 Å². The molecule has 0 aromatic heterocycles. The molecule has 0 atom stereocenters. The fourth-order valence-electron chi connectivity index (χ4n) is 2.09. The van der Waals surface area contributed by atoms with Crippen LogP contribution >= 0.6 is 12.2 Å². The van der Waals surface area contributed by atoms with E-state index in [-0.39, 0.29) is 5.41 Å². The lowest BCUT2D eigenvalue weighted by Gasteiger charge is -2.19. The van der Waals surface area contributed by atoms with Crippen molar-refractivity contribution in [3.8, 4) is 0 Å². The fraction of sp³-hybridized carbons (Fsp3) is 0.333. The summed E-state index contributed by atoms with van der Waals surface area (Å²) in [7, 11) is 0. The van der Waals surface area contributed by atoms with Crippen LogP contribution in [0.5, 0.6) is 0 Å². The number of rotatable bonds is 3. The number of allylic oxidation sites excluding steroid dienone is 3. The van der Waals surface area contributed by atoms with Crippen LogP contribution in [-0.4, -0.2) is 5.11 Å². The third kappa shape index (κ3) is 5.01. The second kappa shape index (κ2) is 6.90. The average Bonchev–Trinajstić information content (AvgIpc) is 2.46. The summed E-state index contributed by atoms with van der Waals surface area (Å²) in [5, 5.41) is 7.10. The number of benzene rings is 1. The smallest absolute Gasteiger partial charge is 0.171 e. The molecule has 0 aliphatic heterocycles. The Bertz CT molecular complexity index is 548. The van der Waals surface area contributed by atoms with Crippen molar-refractivity contribution in [2.45, 2.75) is 39.2 Å². The second-order valence-corrected chi connectivity index (χ2v) is 6.65. The summed E-state index contributed by atoms with van der Waals surface area (Å²) >= 11 is 5.31. The van der Waals surface area contributed by atoms with E-state index in [1.54, 1.807) is 0 Å². The monoisotopic (exact) mass is 299 g/mol. The molecule has 0 amide bonds. The van der Waals surface area contributed by atoms with E-state index in [0.29, 0.717) is 5.11 Å². The molecule has 0 saturated heterocycles. The summed E-state index contributed by atoms with van der Waals surface area (Å²) in [6.07, 6.45) is 9.24. The van der Waals surface area contributed by atoms with Crippen LogP contribution in [0, 0.1) is 6.42 Å². The van der Waals surface area contributed by atoms with E-state index in [1.807, 2.05) is 12.2 Å². The first-order chi connectivity index (χ1) is 9.95. The van der Waals surface area contributed by atoms with E-state index in [4.69, 9.17) is 12.2 Å². The fourth-order valence-corrected chi connectivity index (χ4v) is 2.28. The molecule has 0 spiro atoms. The molecule has 2 rings (SSSR count). The van der Waals surface area contributed by atoms with Crippen LogP contribution in [0.15, 0.2) is 48.2 Å². The molecule has 2 nitrogen and oxygen atoms in total. The van der Waals surface area contributed by atoms with Gasteiger partial charge < -0.3 is 10.6 Å². The first-order valence-electron chi connectivity index (χ1n) is 7.29. The molecule has 1 aromatic rings. The van der Waals surface area contributed by atoms with Crippen molar-refractivity contribution in [1.29, 1.82) is 0 Å². The minimum absolute atomic E-state index is 0.194. The van der Waals surface area contributed by atoms with Gasteiger partial charge in [-0.25, -0.2) is 0 Å². The molecule has 1 radical (unpaired) electrons. The number of nitrogens with one attached hydrogen (secondary N) is 2. The third-order valence-electron chi connectivity index (χ3n) is 3.42. The summed E-state index contributed by atoms with van der Waals surface area (Å²) in [6.45, 7) is 7.41. The van der Waals surface area contributed by atoms with Crippen LogP contribution in [0.25, 0.3) is 0 Å². The van der Waals surface area contributed by atoms with Gasteiger partial charge in [0, 0.05) is 12.2 Å². The van der Waals surface area contributed by atoms with Crippen LogP contribution in [0.4, 0.5) is 0 Å². The van der Waals surface area contributed by atoms with Crippen molar-refractivity contribution in [2.75, 3.05) is 0 Å². The summed E-state index contributed by atoms with van der Waals surface area (Å²) in [6, 6.07) is 8.70. The Morgan fingerprint density at radius 1 is 1.19 bits per heavy atom.